The molecule has 0 saturated carbocycles. The lowest BCUT2D eigenvalue weighted by molar-refractivity contribution is -0.145. The Morgan fingerprint density at radius 2 is 0.960 bits per heavy atom. The van der Waals surface area contributed by atoms with Crippen LogP contribution in [0.2, 0.25) is 0 Å². The molecule has 0 N–H and O–H groups in total. The van der Waals surface area contributed by atoms with Crippen LogP contribution in [0, 0.1) is 0 Å². The maximum atomic E-state index is 11.5. The molecule has 0 aromatic heterocycles. The summed E-state index contributed by atoms with van der Waals surface area (Å²) >= 11 is 0. The van der Waals surface area contributed by atoms with Gasteiger partial charge in [0.25, 0.3) is 0 Å². The van der Waals surface area contributed by atoms with Gasteiger partial charge in [0.15, 0.2) is 0 Å². The van der Waals surface area contributed by atoms with Gasteiger partial charge < -0.3 is 28.4 Å². The van der Waals surface area contributed by atoms with E-state index in [1.807, 2.05) is 0 Å². The summed E-state index contributed by atoms with van der Waals surface area (Å²) in [5.41, 5.74) is 0. The predicted molar refractivity (Wildman–Crippen MR) is 90.4 cm³/mol. The molecule has 0 radical (unpaired) electrons. The van der Waals surface area contributed by atoms with Crippen molar-refractivity contribution in [2.75, 3.05) is 67.1 Å². The minimum atomic E-state index is -0.244. The van der Waals surface area contributed by atoms with Gasteiger partial charge in [-0.2, -0.15) is 0 Å². The van der Waals surface area contributed by atoms with Gasteiger partial charge in [-0.15, -0.1) is 0 Å². The highest BCUT2D eigenvalue weighted by Gasteiger charge is 2.05. The molecule has 25 heavy (non-hydrogen) atoms. The van der Waals surface area contributed by atoms with Crippen molar-refractivity contribution < 1.29 is 38.0 Å². The van der Waals surface area contributed by atoms with Crippen LogP contribution in [0.15, 0.2) is 0 Å². The number of unbranched alkanes of at least 4 members (excludes halogenated alkanes) is 2. The van der Waals surface area contributed by atoms with Crippen molar-refractivity contribution in [2.24, 2.45) is 0 Å². The lowest BCUT2D eigenvalue weighted by Gasteiger charge is -2.07. The van der Waals surface area contributed by atoms with Gasteiger partial charge in [0.05, 0.1) is 39.6 Å². The zero-order valence-corrected chi connectivity index (χ0v) is 15.5. The van der Waals surface area contributed by atoms with Gasteiger partial charge in [0.1, 0.15) is 13.2 Å². The zero-order valence-electron chi connectivity index (χ0n) is 15.5. The van der Waals surface area contributed by atoms with Crippen molar-refractivity contribution in [1.82, 2.24) is 0 Å². The van der Waals surface area contributed by atoms with Gasteiger partial charge >= 0.3 is 11.9 Å². The van der Waals surface area contributed by atoms with Crippen molar-refractivity contribution in [3.63, 3.8) is 0 Å². The Kier molecular flexibility index (Phi) is 18.2. The standard InChI is InChI=1S/C17H32O8/c1-20-8-10-22-12-14-24-16(18)6-4-3-5-7-17(19)25-15-13-23-11-9-21-2/h3-15H2,1-2H3. The average Bonchev–Trinajstić information content (AvgIpc) is 2.60. The molecule has 148 valence electrons. The van der Waals surface area contributed by atoms with Gasteiger partial charge in [-0.25, -0.2) is 0 Å². The molecule has 0 amide bonds. The number of esters is 2. The summed E-state index contributed by atoms with van der Waals surface area (Å²) in [4.78, 5) is 22.9. The van der Waals surface area contributed by atoms with Crippen LogP contribution in [0.4, 0.5) is 0 Å². The summed E-state index contributed by atoms with van der Waals surface area (Å²) in [7, 11) is 3.20. The first-order valence-corrected chi connectivity index (χ1v) is 8.65. The number of methoxy groups -OCH3 is 2. The van der Waals surface area contributed by atoms with Gasteiger partial charge in [-0.3, -0.25) is 9.59 Å². The Labute approximate surface area is 150 Å². The van der Waals surface area contributed by atoms with Crippen LogP contribution in [-0.4, -0.2) is 79.0 Å². The van der Waals surface area contributed by atoms with E-state index in [0.29, 0.717) is 65.3 Å². The van der Waals surface area contributed by atoms with E-state index < -0.39 is 0 Å². The molecular weight excluding hydrogens is 332 g/mol. The Balaban J connectivity index is 3.30. The molecule has 0 aromatic rings. The molecule has 0 atom stereocenters. The van der Waals surface area contributed by atoms with Gasteiger partial charge in [0, 0.05) is 27.1 Å². The highest BCUT2D eigenvalue weighted by Crippen LogP contribution is 2.05. The highest BCUT2D eigenvalue weighted by molar-refractivity contribution is 5.69. The third kappa shape index (κ3) is 19.0. The van der Waals surface area contributed by atoms with Crippen molar-refractivity contribution >= 4 is 11.9 Å². The fourth-order valence-corrected chi connectivity index (χ4v) is 1.78. The Morgan fingerprint density at radius 3 is 1.36 bits per heavy atom. The lowest BCUT2D eigenvalue weighted by Crippen LogP contribution is -2.13. The number of hydrogen-bond donors (Lipinski definition) is 0. The summed E-state index contributed by atoms with van der Waals surface area (Å²) in [5, 5.41) is 0. The molecule has 0 heterocycles. The van der Waals surface area contributed by atoms with E-state index in [2.05, 4.69) is 0 Å². The Bertz CT molecular complexity index is 292. The van der Waals surface area contributed by atoms with E-state index in [4.69, 9.17) is 28.4 Å². The van der Waals surface area contributed by atoms with Crippen LogP contribution >= 0.6 is 0 Å². The largest absolute Gasteiger partial charge is 0.463 e. The lowest BCUT2D eigenvalue weighted by atomic mass is 10.1. The van der Waals surface area contributed by atoms with Crippen LogP contribution in [0.1, 0.15) is 32.1 Å². The van der Waals surface area contributed by atoms with Crippen molar-refractivity contribution in [2.45, 2.75) is 32.1 Å². The normalized spacial score (nSPS) is 10.6. The van der Waals surface area contributed by atoms with Crippen LogP contribution in [-0.2, 0) is 38.0 Å². The zero-order chi connectivity index (χ0) is 18.6. The number of hydrogen-bond acceptors (Lipinski definition) is 8. The minimum Gasteiger partial charge on any atom is -0.463 e. The summed E-state index contributed by atoms with van der Waals surface area (Å²) in [5.74, 6) is -0.489. The van der Waals surface area contributed by atoms with Crippen LogP contribution in [0.3, 0.4) is 0 Å². The summed E-state index contributed by atoms with van der Waals surface area (Å²) in [6.45, 7) is 3.27. The topological polar surface area (TPSA) is 89.5 Å². The molecule has 0 rings (SSSR count). The van der Waals surface area contributed by atoms with E-state index >= 15 is 0 Å². The van der Waals surface area contributed by atoms with Gasteiger partial charge in [0.2, 0.25) is 0 Å². The second-order valence-corrected chi connectivity index (χ2v) is 5.21. The fourth-order valence-electron chi connectivity index (χ4n) is 1.78. The molecule has 0 spiro atoms. The third-order valence-electron chi connectivity index (χ3n) is 3.11. The summed E-state index contributed by atoms with van der Waals surface area (Å²) < 4.78 is 30.1. The predicted octanol–water partition coefficient (Wildman–Crippen LogP) is 1.35. The van der Waals surface area contributed by atoms with Crippen molar-refractivity contribution in [3.05, 3.63) is 0 Å². The van der Waals surface area contributed by atoms with E-state index in [-0.39, 0.29) is 25.2 Å². The fraction of sp³-hybridized carbons (Fsp3) is 0.882. The molecule has 0 aromatic carbocycles. The SMILES string of the molecule is COCCOCCOC(=O)CCCCCC(=O)OCCOCCOC. The maximum absolute atomic E-state index is 11.5. The molecule has 0 aliphatic rings. The highest BCUT2D eigenvalue weighted by atomic mass is 16.6. The number of carbonyl (C=O) groups excluding carboxylic acids is 2. The van der Waals surface area contributed by atoms with Crippen molar-refractivity contribution in [3.8, 4) is 0 Å². The number of ether oxygens (including phenoxy) is 6. The quantitative estimate of drug-likeness (QED) is 0.266. The number of carbonyl (C=O) groups is 2. The van der Waals surface area contributed by atoms with E-state index in [9.17, 15) is 9.59 Å². The molecular formula is C17H32O8. The second kappa shape index (κ2) is 19.1. The molecule has 0 fully saturated rings. The molecule has 0 aliphatic carbocycles. The molecule has 0 bridgehead atoms. The molecule has 0 saturated heterocycles. The van der Waals surface area contributed by atoms with Crippen LogP contribution in [0.25, 0.3) is 0 Å². The summed E-state index contributed by atoms with van der Waals surface area (Å²) in [6.07, 6.45) is 2.85. The maximum Gasteiger partial charge on any atom is 0.305 e. The molecule has 0 unspecified atom stereocenters. The van der Waals surface area contributed by atoms with E-state index in [1.54, 1.807) is 14.2 Å². The first kappa shape index (κ1) is 23.8. The Hall–Kier alpha value is -1.22. The minimum absolute atomic E-state index is 0.244. The molecule has 8 nitrogen and oxygen atoms in total. The average molecular weight is 364 g/mol. The second-order valence-electron chi connectivity index (χ2n) is 5.21. The smallest absolute Gasteiger partial charge is 0.305 e. The van der Waals surface area contributed by atoms with Crippen LogP contribution in [0.5, 0.6) is 0 Å². The Morgan fingerprint density at radius 1 is 0.560 bits per heavy atom. The molecule has 0 aliphatic heterocycles. The van der Waals surface area contributed by atoms with E-state index in [0.717, 1.165) is 6.42 Å². The number of rotatable bonds is 18. The van der Waals surface area contributed by atoms with Crippen LogP contribution < -0.4 is 0 Å². The van der Waals surface area contributed by atoms with E-state index in [1.165, 1.54) is 0 Å². The first-order valence-electron chi connectivity index (χ1n) is 8.65. The summed E-state index contributed by atoms with van der Waals surface area (Å²) in [6, 6.07) is 0. The monoisotopic (exact) mass is 364 g/mol. The van der Waals surface area contributed by atoms with Crippen molar-refractivity contribution in [1.29, 1.82) is 0 Å². The first-order chi connectivity index (χ1) is 12.2. The third-order valence-corrected chi connectivity index (χ3v) is 3.11. The van der Waals surface area contributed by atoms with Gasteiger partial charge in [-0.05, 0) is 12.8 Å². The molecule has 8 heteroatoms. The van der Waals surface area contributed by atoms with Gasteiger partial charge in [-0.1, -0.05) is 6.42 Å².